The van der Waals surface area contributed by atoms with Gasteiger partial charge in [-0.25, -0.2) is 0 Å². The molecule has 130 valence electrons. The number of aliphatic hydroxyl groups excluding tert-OH is 1. The smallest absolute Gasteiger partial charge is 0.127 e. The summed E-state index contributed by atoms with van der Waals surface area (Å²) in [5.74, 6) is 1.54. The van der Waals surface area contributed by atoms with E-state index in [0.717, 1.165) is 22.6 Å². The van der Waals surface area contributed by atoms with Crippen molar-refractivity contribution < 1.29 is 14.6 Å². The average Bonchev–Trinajstić information content (AvgIpc) is 2.61. The van der Waals surface area contributed by atoms with Crippen LogP contribution in [0.15, 0.2) is 48.5 Å². The SMILES string of the molecule is COc1ccc(C(C)NC(C)C(O)Cc2ccccc2)c(OC)c1. The topological polar surface area (TPSA) is 50.7 Å². The third kappa shape index (κ3) is 4.73. The monoisotopic (exact) mass is 329 g/mol. The Morgan fingerprint density at radius 1 is 1.00 bits per heavy atom. The second-order valence-corrected chi connectivity index (χ2v) is 6.04. The number of hydrogen-bond acceptors (Lipinski definition) is 4. The summed E-state index contributed by atoms with van der Waals surface area (Å²) in [5, 5.41) is 13.9. The van der Waals surface area contributed by atoms with Crippen molar-refractivity contribution in [2.75, 3.05) is 14.2 Å². The van der Waals surface area contributed by atoms with Crippen molar-refractivity contribution in [1.29, 1.82) is 0 Å². The molecule has 3 atom stereocenters. The van der Waals surface area contributed by atoms with Crippen molar-refractivity contribution in [2.45, 2.75) is 38.5 Å². The van der Waals surface area contributed by atoms with E-state index in [1.54, 1.807) is 14.2 Å². The maximum atomic E-state index is 10.5. The lowest BCUT2D eigenvalue weighted by Gasteiger charge is -2.26. The third-order valence-electron chi connectivity index (χ3n) is 4.28. The Morgan fingerprint density at radius 3 is 2.33 bits per heavy atom. The maximum absolute atomic E-state index is 10.5. The zero-order chi connectivity index (χ0) is 17.5. The zero-order valence-electron chi connectivity index (χ0n) is 14.8. The molecular formula is C20H27NO3. The Morgan fingerprint density at radius 2 is 1.71 bits per heavy atom. The second kappa shape index (κ2) is 8.71. The summed E-state index contributed by atoms with van der Waals surface area (Å²) in [6, 6.07) is 15.8. The van der Waals surface area contributed by atoms with Gasteiger partial charge in [0, 0.05) is 23.7 Å². The minimum absolute atomic E-state index is 0.0475. The van der Waals surface area contributed by atoms with Crippen molar-refractivity contribution in [3.8, 4) is 11.5 Å². The fourth-order valence-electron chi connectivity index (χ4n) is 2.80. The fourth-order valence-corrected chi connectivity index (χ4v) is 2.80. The Labute approximate surface area is 144 Å². The number of hydrogen-bond donors (Lipinski definition) is 2. The van der Waals surface area contributed by atoms with E-state index in [1.165, 1.54) is 0 Å². The van der Waals surface area contributed by atoms with Gasteiger partial charge >= 0.3 is 0 Å². The molecule has 0 aliphatic carbocycles. The van der Waals surface area contributed by atoms with Gasteiger partial charge in [-0.2, -0.15) is 0 Å². The first-order valence-electron chi connectivity index (χ1n) is 8.25. The van der Waals surface area contributed by atoms with E-state index in [4.69, 9.17) is 9.47 Å². The Bertz CT molecular complexity index is 630. The minimum atomic E-state index is -0.459. The molecule has 2 aromatic carbocycles. The first kappa shape index (κ1) is 18.3. The van der Waals surface area contributed by atoms with Crippen LogP contribution in [0.25, 0.3) is 0 Å². The molecule has 3 unspecified atom stereocenters. The van der Waals surface area contributed by atoms with E-state index in [0.29, 0.717) is 6.42 Å². The molecule has 0 aliphatic heterocycles. The van der Waals surface area contributed by atoms with Crippen LogP contribution in [-0.2, 0) is 6.42 Å². The molecule has 0 aromatic heterocycles. The summed E-state index contributed by atoms with van der Waals surface area (Å²) in [5.41, 5.74) is 2.17. The van der Waals surface area contributed by atoms with Crippen LogP contribution in [0.1, 0.15) is 31.0 Å². The van der Waals surface area contributed by atoms with Gasteiger partial charge in [0.05, 0.1) is 20.3 Å². The Kier molecular flexibility index (Phi) is 6.64. The van der Waals surface area contributed by atoms with Crippen LogP contribution in [0.3, 0.4) is 0 Å². The van der Waals surface area contributed by atoms with Crippen molar-refractivity contribution in [1.82, 2.24) is 5.32 Å². The molecular weight excluding hydrogens is 302 g/mol. The highest BCUT2D eigenvalue weighted by atomic mass is 16.5. The number of ether oxygens (including phenoxy) is 2. The highest BCUT2D eigenvalue weighted by Crippen LogP contribution is 2.29. The van der Waals surface area contributed by atoms with Gasteiger partial charge in [0.25, 0.3) is 0 Å². The molecule has 0 saturated heterocycles. The van der Waals surface area contributed by atoms with Crippen LogP contribution in [0.4, 0.5) is 0 Å². The summed E-state index contributed by atoms with van der Waals surface area (Å²) >= 11 is 0. The van der Waals surface area contributed by atoms with Crippen LogP contribution < -0.4 is 14.8 Å². The highest BCUT2D eigenvalue weighted by Gasteiger charge is 2.19. The Balaban J connectivity index is 2.01. The molecule has 4 nitrogen and oxygen atoms in total. The molecule has 24 heavy (non-hydrogen) atoms. The van der Waals surface area contributed by atoms with E-state index < -0.39 is 6.10 Å². The summed E-state index contributed by atoms with van der Waals surface area (Å²) in [6.45, 7) is 4.07. The lowest BCUT2D eigenvalue weighted by molar-refractivity contribution is 0.129. The summed E-state index contributed by atoms with van der Waals surface area (Å²) < 4.78 is 10.7. The lowest BCUT2D eigenvalue weighted by Crippen LogP contribution is -2.40. The van der Waals surface area contributed by atoms with Gasteiger partial charge in [0.2, 0.25) is 0 Å². The van der Waals surface area contributed by atoms with Crippen molar-refractivity contribution >= 4 is 0 Å². The average molecular weight is 329 g/mol. The lowest BCUT2D eigenvalue weighted by atomic mass is 10.0. The van der Waals surface area contributed by atoms with Crippen LogP contribution in [0.5, 0.6) is 11.5 Å². The first-order valence-corrected chi connectivity index (χ1v) is 8.25. The summed E-state index contributed by atoms with van der Waals surface area (Å²) in [7, 11) is 3.29. The molecule has 0 fully saturated rings. The van der Waals surface area contributed by atoms with Gasteiger partial charge < -0.3 is 19.9 Å². The van der Waals surface area contributed by atoms with Gasteiger partial charge in [-0.15, -0.1) is 0 Å². The van der Waals surface area contributed by atoms with E-state index >= 15 is 0 Å². The highest BCUT2D eigenvalue weighted by molar-refractivity contribution is 5.42. The predicted octanol–water partition coefficient (Wildman–Crippen LogP) is 3.35. The van der Waals surface area contributed by atoms with E-state index in [-0.39, 0.29) is 12.1 Å². The van der Waals surface area contributed by atoms with Gasteiger partial charge in [-0.05, 0) is 31.9 Å². The van der Waals surface area contributed by atoms with E-state index in [9.17, 15) is 5.11 Å². The molecule has 0 aliphatic rings. The number of methoxy groups -OCH3 is 2. The molecule has 2 N–H and O–H groups in total. The number of aliphatic hydroxyl groups is 1. The third-order valence-corrected chi connectivity index (χ3v) is 4.28. The van der Waals surface area contributed by atoms with Crippen LogP contribution in [0, 0.1) is 0 Å². The van der Waals surface area contributed by atoms with E-state index in [1.807, 2.05) is 55.5 Å². The zero-order valence-corrected chi connectivity index (χ0v) is 14.8. The van der Waals surface area contributed by atoms with Gasteiger partial charge in [0.1, 0.15) is 11.5 Å². The summed E-state index contributed by atoms with van der Waals surface area (Å²) in [4.78, 5) is 0. The van der Waals surface area contributed by atoms with Gasteiger partial charge in [-0.1, -0.05) is 36.4 Å². The van der Waals surface area contributed by atoms with Crippen molar-refractivity contribution in [3.63, 3.8) is 0 Å². The van der Waals surface area contributed by atoms with Gasteiger partial charge in [0.15, 0.2) is 0 Å². The minimum Gasteiger partial charge on any atom is -0.497 e. The normalized spacial score (nSPS) is 14.7. The van der Waals surface area contributed by atoms with Gasteiger partial charge in [-0.3, -0.25) is 0 Å². The molecule has 0 amide bonds. The number of rotatable bonds is 8. The van der Waals surface area contributed by atoms with Crippen LogP contribution in [-0.4, -0.2) is 31.5 Å². The van der Waals surface area contributed by atoms with E-state index in [2.05, 4.69) is 12.2 Å². The van der Waals surface area contributed by atoms with Crippen LogP contribution >= 0.6 is 0 Å². The maximum Gasteiger partial charge on any atom is 0.127 e. The van der Waals surface area contributed by atoms with Crippen LogP contribution in [0.2, 0.25) is 0 Å². The molecule has 2 aromatic rings. The molecule has 2 rings (SSSR count). The molecule has 0 bridgehead atoms. The second-order valence-electron chi connectivity index (χ2n) is 6.04. The van der Waals surface area contributed by atoms with Crippen molar-refractivity contribution in [2.24, 2.45) is 0 Å². The molecule has 0 saturated carbocycles. The number of benzene rings is 2. The fraction of sp³-hybridized carbons (Fsp3) is 0.400. The standard InChI is InChI=1S/C20H27NO3/c1-14(18-11-10-17(23-3)13-20(18)24-4)21-15(2)19(22)12-16-8-6-5-7-9-16/h5-11,13-15,19,21-22H,12H2,1-4H3. The Hall–Kier alpha value is -2.04. The first-order chi connectivity index (χ1) is 11.5. The molecule has 0 heterocycles. The molecule has 4 heteroatoms. The summed E-state index contributed by atoms with van der Waals surface area (Å²) in [6.07, 6.45) is 0.167. The molecule has 0 spiro atoms. The largest absolute Gasteiger partial charge is 0.497 e. The van der Waals surface area contributed by atoms with Crippen molar-refractivity contribution in [3.05, 3.63) is 59.7 Å². The number of nitrogens with one attached hydrogen (secondary N) is 1. The quantitative estimate of drug-likeness (QED) is 0.780. The molecule has 0 radical (unpaired) electrons. The predicted molar refractivity (Wildman–Crippen MR) is 96.7 cm³/mol.